The maximum Gasteiger partial charge on any atom is 0.411 e. The Kier molecular flexibility index (Phi) is 6.06. The molecule has 1 aromatic heterocycles. The fraction of sp³-hybridized carbons (Fsp3) is 0.211. The number of benzene rings is 2. The molecule has 0 saturated heterocycles. The predicted octanol–water partition coefficient (Wildman–Crippen LogP) is 5.13. The van der Waals surface area contributed by atoms with Gasteiger partial charge < -0.3 is 9.64 Å². The van der Waals surface area contributed by atoms with E-state index in [9.17, 15) is 4.79 Å². The van der Waals surface area contributed by atoms with Gasteiger partial charge in [0.25, 0.3) is 0 Å². The van der Waals surface area contributed by atoms with Crippen molar-refractivity contribution in [3.63, 3.8) is 0 Å². The van der Waals surface area contributed by atoms with Gasteiger partial charge in [0.1, 0.15) is 0 Å². The first-order chi connectivity index (χ1) is 13.4. The molecule has 1 N–H and O–H groups in total. The second kappa shape index (κ2) is 8.50. The molecular formula is C19H19Cl2N5O2. The van der Waals surface area contributed by atoms with Crippen LogP contribution in [0.15, 0.2) is 42.5 Å². The van der Waals surface area contributed by atoms with Crippen molar-refractivity contribution in [3.05, 3.63) is 52.5 Å². The molecule has 9 heteroatoms. The Bertz CT molecular complexity index is 1010. The fourth-order valence-corrected chi connectivity index (χ4v) is 3.16. The molecule has 0 saturated carbocycles. The van der Waals surface area contributed by atoms with Crippen LogP contribution in [-0.2, 0) is 11.8 Å². The second-order valence-corrected chi connectivity index (χ2v) is 6.81. The third-order valence-corrected chi connectivity index (χ3v) is 4.63. The molecule has 0 bridgehead atoms. The van der Waals surface area contributed by atoms with Gasteiger partial charge in [-0.05, 0) is 43.3 Å². The van der Waals surface area contributed by atoms with Gasteiger partial charge in [-0.2, -0.15) is 0 Å². The highest BCUT2D eigenvalue weighted by Crippen LogP contribution is 2.32. The molecular weight excluding hydrogens is 401 g/mol. The highest BCUT2D eigenvalue weighted by Gasteiger charge is 2.18. The lowest BCUT2D eigenvalue weighted by molar-refractivity contribution is 0.168. The summed E-state index contributed by atoms with van der Waals surface area (Å²) in [6.45, 7) is 2.03. The Morgan fingerprint density at radius 2 is 2.00 bits per heavy atom. The lowest BCUT2D eigenvalue weighted by Gasteiger charge is -2.18. The zero-order chi connectivity index (χ0) is 20.3. The van der Waals surface area contributed by atoms with Crippen LogP contribution in [0.2, 0.25) is 10.0 Å². The van der Waals surface area contributed by atoms with Crippen LogP contribution >= 0.6 is 23.2 Å². The van der Waals surface area contributed by atoms with Crippen molar-refractivity contribution in [2.24, 2.45) is 7.05 Å². The molecule has 0 aliphatic carbocycles. The van der Waals surface area contributed by atoms with Crippen LogP contribution in [0.25, 0.3) is 11.4 Å². The highest BCUT2D eigenvalue weighted by molar-refractivity contribution is 6.33. The van der Waals surface area contributed by atoms with E-state index in [1.807, 2.05) is 47.8 Å². The number of rotatable bonds is 5. The quantitative estimate of drug-likeness (QED) is 0.620. The van der Waals surface area contributed by atoms with Crippen molar-refractivity contribution in [1.82, 2.24) is 14.8 Å². The molecule has 3 aromatic rings. The second-order valence-electron chi connectivity index (χ2n) is 5.96. The number of carbonyl (C=O) groups excluding carboxylic acids is 1. The van der Waals surface area contributed by atoms with E-state index in [0.29, 0.717) is 39.7 Å². The van der Waals surface area contributed by atoms with Gasteiger partial charge in [-0.15, -0.1) is 10.2 Å². The standard InChI is InChI=1S/C19H19Cl2N5O2/c1-4-28-19(27)22-13-8-9-15(16(21)11-13)17-23-24-18(26(17)3)25(2)14-7-5-6-12(20)10-14/h5-11H,4H2,1-3H3,(H,22,27). The number of aromatic nitrogens is 3. The summed E-state index contributed by atoms with van der Waals surface area (Å²) in [6, 6.07) is 12.6. The number of ether oxygens (including phenoxy) is 1. The minimum absolute atomic E-state index is 0.291. The van der Waals surface area contributed by atoms with Crippen molar-refractivity contribution in [2.45, 2.75) is 6.92 Å². The summed E-state index contributed by atoms with van der Waals surface area (Å²) in [4.78, 5) is 13.4. The van der Waals surface area contributed by atoms with Gasteiger partial charge in [-0.25, -0.2) is 4.79 Å². The number of halogens is 2. The third kappa shape index (κ3) is 4.21. The van der Waals surface area contributed by atoms with Crippen LogP contribution in [0.3, 0.4) is 0 Å². The largest absolute Gasteiger partial charge is 0.450 e. The Morgan fingerprint density at radius 1 is 1.21 bits per heavy atom. The Morgan fingerprint density at radius 3 is 2.68 bits per heavy atom. The molecule has 7 nitrogen and oxygen atoms in total. The van der Waals surface area contributed by atoms with Crippen LogP contribution < -0.4 is 10.2 Å². The summed E-state index contributed by atoms with van der Waals surface area (Å²) in [5.41, 5.74) is 2.11. The number of nitrogens with one attached hydrogen (secondary N) is 1. The van der Waals surface area contributed by atoms with Gasteiger partial charge in [-0.1, -0.05) is 29.3 Å². The Labute approximate surface area is 172 Å². The van der Waals surface area contributed by atoms with Gasteiger partial charge in [0.2, 0.25) is 5.95 Å². The van der Waals surface area contributed by atoms with Crippen LogP contribution in [0.4, 0.5) is 22.1 Å². The van der Waals surface area contributed by atoms with Crippen molar-refractivity contribution in [1.29, 1.82) is 0 Å². The number of anilines is 3. The van der Waals surface area contributed by atoms with Crippen molar-refractivity contribution >= 4 is 46.6 Å². The lowest BCUT2D eigenvalue weighted by atomic mass is 10.2. The monoisotopic (exact) mass is 419 g/mol. The predicted molar refractivity (Wildman–Crippen MR) is 112 cm³/mol. The third-order valence-electron chi connectivity index (χ3n) is 4.08. The first-order valence-corrected chi connectivity index (χ1v) is 9.28. The zero-order valence-electron chi connectivity index (χ0n) is 15.6. The minimum atomic E-state index is -0.532. The summed E-state index contributed by atoms with van der Waals surface area (Å²) in [7, 11) is 3.74. The van der Waals surface area contributed by atoms with E-state index in [-0.39, 0.29) is 0 Å². The minimum Gasteiger partial charge on any atom is -0.450 e. The summed E-state index contributed by atoms with van der Waals surface area (Å²) in [5.74, 6) is 1.22. The number of hydrogen-bond acceptors (Lipinski definition) is 5. The SMILES string of the molecule is CCOC(=O)Nc1ccc(-c2nnc(N(C)c3cccc(Cl)c3)n2C)c(Cl)c1. The van der Waals surface area contributed by atoms with E-state index in [0.717, 1.165) is 5.69 Å². The zero-order valence-corrected chi connectivity index (χ0v) is 17.1. The Balaban J connectivity index is 1.88. The molecule has 0 aliphatic heterocycles. The molecule has 146 valence electrons. The fourth-order valence-electron chi connectivity index (χ4n) is 2.71. The van der Waals surface area contributed by atoms with Crippen LogP contribution in [-0.4, -0.2) is 34.5 Å². The molecule has 0 unspecified atom stereocenters. The number of nitrogens with zero attached hydrogens (tertiary/aromatic N) is 4. The topological polar surface area (TPSA) is 72.3 Å². The maximum absolute atomic E-state index is 11.6. The smallest absolute Gasteiger partial charge is 0.411 e. The molecule has 0 fully saturated rings. The van der Waals surface area contributed by atoms with Crippen molar-refractivity contribution < 1.29 is 9.53 Å². The van der Waals surface area contributed by atoms with Crippen LogP contribution in [0.5, 0.6) is 0 Å². The summed E-state index contributed by atoms with van der Waals surface area (Å²) in [5, 5.41) is 12.2. The van der Waals surface area contributed by atoms with E-state index in [4.69, 9.17) is 27.9 Å². The van der Waals surface area contributed by atoms with Gasteiger partial charge in [-0.3, -0.25) is 9.88 Å². The molecule has 0 aliphatic rings. The Hall–Kier alpha value is -2.77. The first kappa shape index (κ1) is 20.0. The molecule has 1 amide bonds. The summed E-state index contributed by atoms with van der Waals surface area (Å²) in [6.07, 6.45) is -0.532. The van der Waals surface area contributed by atoms with Gasteiger partial charge in [0, 0.05) is 36.1 Å². The lowest BCUT2D eigenvalue weighted by Crippen LogP contribution is -2.14. The highest BCUT2D eigenvalue weighted by atomic mass is 35.5. The molecule has 0 atom stereocenters. The molecule has 1 heterocycles. The van der Waals surface area contributed by atoms with Gasteiger partial charge in [0.05, 0.1) is 11.6 Å². The van der Waals surface area contributed by atoms with E-state index >= 15 is 0 Å². The number of carbonyl (C=O) groups is 1. The van der Waals surface area contributed by atoms with E-state index in [2.05, 4.69) is 15.5 Å². The number of amides is 1. The maximum atomic E-state index is 11.6. The summed E-state index contributed by atoms with van der Waals surface area (Å²) < 4.78 is 6.70. The average molecular weight is 420 g/mol. The molecule has 0 radical (unpaired) electrons. The van der Waals surface area contributed by atoms with Crippen molar-refractivity contribution in [3.8, 4) is 11.4 Å². The van der Waals surface area contributed by atoms with Crippen LogP contribution in [0, 0.1) is 0 Å². The van der Waals surface area contributed by atoms with E-state index in [1.54, 1.807) is 25.1 Å². The number of hydrogen-bond donors (Lipinski definition) is 1. The molecule has 0 spiro atoms. The summed E-state index contributed by atoms with van der Waals surface area (Å²) >= 11 is 12.5. The molecule has 2 aromatic carbocycles. The molecule has 3 rings (SSSR count). The first-order valence-electron chi connectivity index (χ1n) is 8.53. The van der Waals surface area contributed by atoms with E-state index < -0.39 is 6.09 Å². The van der Waals surface area contributed by atoms with Gasteiger partial charge >= 0.3 is 6.09 Å². The average Bonchev–Trinajstić information content (AvgIpc) is 3.02. The van der Waals surface area contributed by atoms with Gasteiger partial charge in [0.15, 0.2) is 5.82 Å². The van der Waals surface area contributed by atoms with Crippen molar-refractivity contribution in [2.75, 3.05) is 23.9 Å². The molecule has 28 heavy (non-hydrogen) atoms. The normalized spacial score (nSPS) is 10.6. The van der Waals surface area contributed by atoms with Crippen LogP contribution in [0.1, 0.15) is 6.92 Å². The van der Waals surface area contributed by atoms with E-state index in [1.165, 1.54) is 0 Å².